The van der Waals surface area contributed by atoms with Crippen LogP contribution in [-0.2, 0) is 21.4 Å². The van der Waals surface area contributed by atoms with Crippen molar-refractivity contribution < 1.29 is 17.9 Å². The summed E-state index contributed by atoms with van der Waals surface area (Å²) in [5.74, 6) is 0.464. The highest BCUT2D eigenvalue weighted by molar-refractivity contribution is 7.92. The zero-order chi connectivity index (χ0) is 22.4. The molecule has 2 aromatic rings. The highest BCUT2D eigenvalue weighted by atomic mass is 32.2. The third kappa shape index (κ3) is 6.45. The molecule has 1 amide bonds. The molecule has 1 saturated heterocycles. The molecular weight excluding hydrogens is 414 g/mol. The number of nitrogens with zero attached hydrogens (tertiary/aromatic N) is 2. The zero-order valence-electron chi connectivity index (χ0n) is 18.3. The van der Waals surface area contributed by atoms with E-state index in [9.17, 15) is 13.2 Å². The first-order chi connectivity index (χ1) is 14.7. The Balaban J connectivity index is 1.57. The van der Waals surface area contributed by atoms with Crippen LogP contribution in [-0.4, -0.2) is 57.8 Å². The second kappa shape index (κ2) is 10.2. The number of likely N-dealkylation sites (tertiary alicyclic amines) is 1. The van der Waals surface area contributed by atoms with Crippen LogP contribution in [0.2, 0.25) is 0 Å². The average Bonchev–Trinajstić information content (AvgIpc) is 2.74. The third-order valence-electron chi connectivity index (χ3n) is 5.46. The van der Waals surface area contributed by atoms with Gasteiger partial charge in [0.15, 0.2) is 0 Å². The highest BCUT2D eigenvalue weighted by Crippen LogP contribution is 2.21. The van der Waals surface area contributed by atoms with Gasteiger partial charge in [-0.25, -0.2) is 8.42 Å². The monoisotopic (exact) mass is 445 g/mol. The number of benzene rings is 2. The molecule has 3 rings (SSSR count). The summed E-state index contributed by atoms with van der Waals surface area (Å²) in [5.41, 5.74) is 1.38. The smallest absolute Gasteiger partial charge is 0.243 e. The van der Waals surface area contributed by atoms with E-state index < -0.39 is 16.1 Å². The summed E-state index contributed by atoms with van der Waals surface area (Å²) in [4.78, 5) is 15.0. The number of nitrogens with one attached hydrogen (secondary N) is 1. The summed E-state index contributed by atoms with van der Waals surface area (Å²) in [6.07, 6.45) is 3.38. The first kappa shape index (κ1) is 23.1. The molecule has 7 nitrogen and oxygen atoms in total. The second-order valence-electron chi connectivity index (χ2n) is 8.05. The molecule has 1 N–H and O–H groups in total. The lowest BCUT2D eigenvalue weighted by Gasteiger charge is -2.29. The number of para-hydroxylation sites is 1. The Morgan fingerprint density at radius 3 is 2.32 bits per heavy atom. The Morgan fingerprint density at radius 2 is 1.74 bits per heavy atom. The zero-order valence-corrected chi connectivity index (χ0v) is 19.1. The summed E-state index contributed by atoms with van der Waals surface area (Å²) < 4.78 is 31.8. The number of piperidine rings is 1. The van der Waals surface area contributed by atoms with Crippen LogP contribution < -0.4 is 14.4 Å². The molecule has 8 heteroatoms. The Bertz CT molecular complexity index is 956. The van der Waals surface area contributed by atoms with E-state index in [0.717, 1.165) is 47.8 Å². The molecule has 1 atom stereocenters. The number of carbonyl (C=O) groups excluding carboxylic acids is 1. The maximum absolute atomic E-state index is 12.7. The molecule has 168 valence electrons. The van der Waals surface area contributed by atoms with Crippen molar-refractivity contribution in [2.24, 2.45) is 0 Å². The molecule has 1 fully saturated rings. The standard InChI is InChI=1S/C23H31N3O4S/c1-18(26(31(3,28)29)20-7-5-4-6-8-20)23(27)24-17-19-9-11-21(12-10-19)30-22-13-15-25(2)16-14-22/h4-12,18,22H,13-17H2,1-3H3,(H,24,27)/t18-/m1/s1. The molecule has 0 unspecified atom stereocenters. The molecule has 0 spiro atoms. The Labute approximate surface area is 185 Å². The molecule has 1 heterocycles. The van der Waals surface area contributed by atoms with Gasteiger partial charge in [0.2, 0.25) is 15.9 Å². The molecule has 0 saturated carbocycles. The van der Waals surface area contributed by atoms with E-state index >= 15 is 0 Å². The number of hydrogen-bond acceptors (Lipinski definition) is 5. The van der Waals surface area contributed by atoms with Gasteiger partial charge >= 0.3 is 0 Å². The van der Waals surface area contributed by atoms with Gasteiger partial charge in [0.25, 0.3) is 0 Å². The first-order valence-electron chi connectivity index (χ1n) is 10.5. The van der Waals surface area contributed by atoms with Crippen molar-refractivity contribution >= 4 is 21.6 Å². The van der Waals surface area contributed by atoms with Crippen LogP contribution >= 0.6 is 0 Å². The molecule has 2 aromatic carbocycles. The number of sulfonamides is 1. The quantitative estimate of drug-likeness (QED) is 0.676. The molecule has 0 aliphatic carbocycles. The minimum absolute atomic E-state index is 0.238. The summed E-state index contributed by atoms with van der Waals surface area (Å²) in [6.45, 7) is 3.98. The van der Waals surface area contributed by atoms with Crippen LogP contribution in [0.3, 0.4) is 0 Å². The van der Waals surface area contributed by atoms with Crippen LogP contribution in [0.15, 0.2) is 54.6 Å². The average molecular weight is 446 g/mol. The van der Waals surface area contributed by atoms with Crippen molar-refractivity contribution in [3.8, 4) is 5.75 Å². The number of rotatable bonds is 8. The molecule has 1 aliphatic heterocycles. The van der Waals surface area contributed by atoms with Crippen molar-refractivity contribution in [1.82, 2.24) is 10.2 Å². The van der Waals surface area contributed by atoms with Gasteiger partial charge in [-0.3, -0.25) is 9.10 Å². The van der Waals surface area contributed by atoms with E-state index in [1.165, 1.54) is 0 Å². The van der Waals surface area contributed by atoms with Gasteiger partial charge in [0, 0.05) is 19.6 Å². The van der Waals surface area contributed by atoms with E-state index in [-0.39, 0.29) is 12.0 Å². The lowest BCUT2D eigenvalue weighted by atomic mass is 10.1. The van der Waals surface area contributed by atoms with E-state index in [4.69, 9.17) is 4.74 Å². The number of carbonyl (C=O) groups is 1. The fraction of sp³-hybridized carbons (Fsp3) is 0.435. The predicted octanol–water partition coefficient (Wildman–Crippen LogP) is 2.63. The topological polar surface area (TPSA) is 79.0 Å². The van der Waals surface area contributed by atoms with Crippen molar-refractivity contribution in [3.63, 3.8) is 0 Å². The second-order valence-corrected chi connectivity index (χ2v) is 9.91. The molecule has 1 aliphatic rings. The number of ether oxygens (including phenoxy) is 1. The van der Waals surface area contributed by atoms with Crippen LogP contribution in [0.25, 0.3) is 0 Å². The normalized spacial score (nSPS) is 16.5. The summed E-state index contributed by atoms with van der Waals surface area (Å²) in [7, 11) is -1.50. The summed E-state index contributed by atoms with van der Waals surface area (Å²) >= 11 is 0. The number of hydrogen-bond donors (Lipinski definition) is 1. The van der Waals surface area contributed by atoms with Crippen molar-refractivity contribution in [1.29, 1.82) is 0 Å². The van der Waals surface area contributed by atoms with Crippen molar-refractivity contribution in [2.75, 3.05) is 30.7 Å². The molecule has 0 aromatic heterocycles. The Hall–Kier alpha value is -2.58. The molecular formula is C23H31N3O4S. The minimum Gasteiger partial charge on any atom is -0.490 e. The highest BCUT2D eigenvalue weighted by Gasteiger charge is 2.28. The van der Waals surface area contributed by atoms with Gasteiger partial charge in [-0.05, 0) is 56.6 Å². The molecule has 31 heavy (non-hydrogen) atoms. The van der Waals surface area contributed by atoms with Crippen molar-refractivity contribution in [3.05, 3.63) is 60.2 Å². The number of amides is 1. The van der Waals surface area contributed by atoms with E-state index in [2.05, 4.69) is 17.3 Å². The summed E-state index contributed by atoms with van der Waals surface area (Å²) in [6, 6.07) is 15.4. The minimum atomic E-state index is -3.62. The van der Waals surface area contributed by atoms with Gasteiger partial charge in [-0.15, -0.1) is 0 Å². The molecule has 0 radical (unpaired) electrons. The number of anilines is 1. The van der Waals surface area contributed by atoms with Crippen LogP contribution in [0.1, 0.15) is 25.3 Å². The summed E-state index contributed by atoms with van der Waals surface area (Å²) in [5, 5.41) is 2.84. The lowest BCUT2D eigenvalue weighted by Crippen LogP contribution is -2.47. The van der Waals surface area contributed by atoms with Crippen LogP contribution in [0, 0.1) is 0 Å². The fourth-order valence-electron chi connectivity index (χ4n) is 3.70. The lowest BCUT2D eigenvalue weighted by molar-refractivity contribution is -0.122. The van der Waals surface area contributed by atoms with E-state index in [1.54, 1.807) is 37.3 Å². The largest absolute Gasteiger partial charge is 0.490 e. The molecule has 0 bridgehead atoms. The maximum Gasteiger partial charge on any atom is 0.243 e. The Kier molecular flexibility index (Phi) is 7.56. The van der Waals surface area contributed by atoms with Gasteiger partial charge < -0.3 is 15.0 Å². The van der Waals surface area contributed by atoms with E-state index in [0.29, 0.717) is 12.2 Å². The maximum atomic E-state index is 12.7. The SMILES string of the molecule is C[C@H](C(=O)NCc1ccc(OC2CCN(C)CC2)cc1)N(c1ccccc1)S(C)(=O)=O. The van der Waals surface area contributed by atoms with Crippen LogP contribution in [0.4, 0.5) is 5.69 Å². The Morgan fingerprint density at radius 1 is 1.13 bits per heavy atom. The van der Waals surface area contributed by atoms with Crippen LogP contribution in [0.5, 0.6) is 5.75 Å². The van der Waals surface area contributed by atoms with Crippen molar-refractivity contribution in [2.45, 2.75) is 38.5 Å². The first-order valence-corrected chi connectivity index (χ1v) is 12.3. The third-order valence-corrected chi connectivity index (χ3v) is 6.70. The fourth-order valence-corrected chi connectivity index (χ4v) is 4.88. The predicted molar refractivity (Wildman–Crippen MR) is 123 cm³/mol. The van der Waals surface area contributed by atoms with E-state index in [1.807, 2.05) is 24.3 Å². The van der Waals surface area contributed by atoms with Gasteiger partial charge in [0.1, 0.15) is 17.9 Å². The van der Waals surface area contributed by atoms with Gasteiger partial charge in [0.05, 0.1) is 11.9 Å². The van der Waals surface area contributed by atoms with Gasteiger partial charge in [-0.2, -0.15) is 0 Å². The van der Waals surface area contributed by atoms with Gasteiger partial charge in [-0.1, -0.05) is 30.3 Å².